The second-order valence-electron chi connectivity index (χ2n) is 4.40. The molecule has 2 atom stereocenters. The van der Waals surface area contributed by atoms with Crippen molar-refractivity contribution in [2.24, 2.45) is 5.92 Å². The Hall–Kier alpha value is -0.580. The topological polar surface area (TPSA) is 46.6 Å². The SMILES string of the molecule is CCC(C)(Br)C(C)CC(=O)N1CCOC1=O. The Balaban J connectivity index is 2.54. The molecule has 1 aliphatic rings. The minimum absolute atomic E-state index is 0.0632. The van der Waals surface area contributed by atoms with Gasteiger partial charge in [-0.15, -0.1) is 0 Å². The van der Waals surface area contributed by atoms with E-state index < -0.39 is 6.09 Å². The Morgan fingerprint density at radius 1 is 1.69 bits per heavy atom. The van der Waals surface area contributed by atoms with Gasteiger partial charge in [0, 0.05) is 10.7 Å². The maximum Gasteiger partial charge on any atom is 0.416 e. The number of alkyl halides is 1. The number of imide groups is 1. The van der Waals surface area contributed by atoms with E-state index in [-0.39, 0.29) is 16.1 Å². The summed E-state index contributed by atoms with van der Waals surface area (Å²) in [5, 5.41) is 0. The van der Waals surface area contributed by atoms with Crippen molar-refractivity contribution >= 4 is 27.9 Å². The molecule has 0 aromatic carbocycles. The standard InChI is InChI=1S/C11H18BrNO3/c1-4-11(3,12)8(2)7-9(14)13-5-6-16-10(13)15/h8H,4-7H2,1-3H3. The summed E-state index contributed by atoms with van der Waals surface area (Å²) >= 11 is 3.61. The predicted octanol–water partition coefficient (Wildman–Crippen LogP) is 2.56. The summed E-state index contributed by atoms with van der Waals surface area (Å²) in [4.78, 5) is 24.2. The fourth-order valence-electron chi connectivity index (χ4n) is 1.55. The third kappa shape index (κ3) is 2.97. The number of nitrogens with zero attached hydrogens (tertiary/aromatic N) is 1. The highest BCUT2D eigenvalue weighted by Gasteiger charge is 2.33. The molecule has 0 aromatic heterocycles. The lowest BCUT2D eigenvalue weighted by atomic mass is 9.90. The van der Waals surface area contributed by atoms with Gasteiger partial charge < -0.3 is 4.74 Å². The van der Waals surface area contributed by atoms with Crippen LogP contribution in [0.4, 0.5) is 4.79 Å². The molecule has 4 nitrogen and oxygen atoms in total. The van der Waals surface area contributed by atoms with Crippen LogP contribution in [0.5, 0.6) is 0 Å². The molecule has 0 saturated carbocycles. The highest BCUT2D eigenvalue weighted by atomic mass is 79.9. The third-order valence-corrected chi connectivity index (χ3v) is 4.60. The summed E-state index contributed by atoms with van der Waals surface area (Å²) in [7, 11) is 0. The van der Waals surface area contributed by atoms with Crippen LogP contribution in [-0.4, -0.2) is 34.4 Å². The van der Waals surface area contributed by atoms with Gasteiger partial charge in [-0.1, -0.05) is 29.8 Å². The summed E-state index contributed by atoms with van der Waals surface area (Å²) in [6.45, 7) is 6.85. The first kappa shape index (κ1) is 13.5. The summed E-state index contributed by atoms with van der Waals surface area (Å²) < 4.78 is 4.67. The first-order valence-corrected chi connectivity index (χ1v) is 6.33. The molecule has 1 rings (SSSR count). The van der Waals surface area contributed by atoms with E-state index in [0.29, 0.717) is 19.6 Å². The number of carbonyl (C=O) groups is 2. The van der Waals surface area contributed by atoms with Gasteiger partial charge in [0.1, 0.15) is 6.61 Å². The van der Waals surface area contributed by atoms with E-state index in [1.54, 1.807) is 0 Å². The minimum Gasteiger partial charge on any atom is -0.447 e. The van der Waals surface area contributed by atoms with Crippen molar-refractivity contribution in [3.8, 4) is 0 Å². The van der Waals surface area contributed by atoms with E-state index >= 15 is 0 Å². The molecule has 2 amide bonds. The van der Waals surface area contributed by atoms with Crippen molar-refractivity contribution in [2.45, 2.75) is 37.9 Å². The van der Waals surface area contributed by atoms with Gasteiger partial charge in [-0.25, -0.2) is 9.69 Å². The largest absolute Gasteiger partial charge is 0.447 e. The van der Waals surface area contributed by atoms with Gasteiger partial charge in [0.25, 0.3) is 0 Å². The molecule has 0 aliphatic carbocycles. The number of hydrogen-bond acceptors (Lipinski definition) is 3. The maximum absolute atomic E-state index is 11.8. The number of rotatable bonds is 4. The van der Waals surface area contributed by atoms with E-state index in [0.717, 1.165) is 6.42 Å². The predicted molar refractivity (Wildman–Crippen MR) is 64.5 cm³/mol. The van der Waals surface area contributed by atoms with Crippen molar-refractivity contribution in [3.63, 3.8) is 0 Å². The minimum atomic E-state index is -0.509. The fraction of sp³-hybridized carbons (Fsp3) is 0.818. The van der Waals surface area contributed by atoms with Crippen LogP contribution in [0.2, 0.25) is 0 Å². The van der Waals surface area contributed by atoms with Crippen LogP contribution in [0.15, 0.2) is 0 Å². The molecule has 0 bridgehead atoms. The van der Waals surface area contributed by atoms with E-state index in [4.69, 9.17) is 4.74 Å². The van der Waals surface area contributed by atoms with Crippen molar-refractivity contribution < 1.29 is 14.3 Å². The van der Waals surface area contributed by atoms with E-state index in [9.17, 15) is 9.59 Å². The van der Waals surface area contributed by atoms with E-state index in [2.05, 4.69) is 29.8 Å². The molecule has 1 fully saturated rings. The van der Waals surface area contributed by atoms with Crippen molar-refractivity contribution in [1.29, 1.82) is 0 Å². The number of carbonyl (C=O) groups excluding carboxylic acids is 2. The van der Waals surface area contributed by atoms with Gasteiger partial charge in [0.2, 0.25) is 5.91 Å². The molecule has 1 heterocycles. The lowest BCUT2D eigenvalue weighted by molar-refractivity contribution is -0.128. The second-order valence-corrected chi connectivity index (χ2v) is 6.21. The van der Waals surface area contributed by atoms with Crippen molar-refractivity contribution in [2.75, 3.05) is 13.2 Å². The average Bonchev–Trinajstić information content (AvgIpc) is 2.64. The van der Waals surface area contributed by atoms with E-state index in [1.165, 1.54) is 4.90 Å². The Morgan fingerprint density at radius 3 is 2.75 bits per heavy atom. The monoisotopic (exact) mass is 291 g/mol. The summed E-state index contributed by atoms with van der Waals surface area (Å²) in [6.07, 6.45) is 0.793. The number of cyclic esters (lactones) is 1. The van der Waals surface area contributed by atoms with Crippen LogP contribution in [0, 0.1) is 5.92 Å². The first-order chi connectivity index (χ1) is 7.38. The van der Waals surface area contributed by atoms with Gasteiger partial charge in [-0.3, -0.25) is 4.79 Å². The van der Waals surface area contributed by atoms with Gasteiger partial charge in [-0.2, -0.15) is 0 Å². The molecular weight excluding hydrogens is 274 g/mol. The molecule has 92 valence electrons. The maximum atomic E-state index is 11.8. The molecule has 0 aromatic rings. The van der Waals surface area contributed by atoms with Gasteiger partial charge in [0.05, 0.1) is 6.54 Å². The van der Waals surface area contributed by atoms with Gasteiger partial charge >= 0.3 is 6.09 Å². The number of hydrogen-bond donors (Lipinski definition) is 0. The van der Waals surface area contributed by atoms with Crippen LogP contribution in [-0.2, 0) is 9.53 Å². The van der Waals surface area contributed by atoms with Crippen LogP contribution < -0.4 is 0 Å². The number of ether oxygens (including phenoxy) is 1. The Kier molecular flexibility index (Phi) is 4.35. The zero-order valence-electron chi connectivity index (χ0n) is 9.96. The van der Waals surface area contributed by atoms with Crippen LogP contribution in [0.1, 0.15) is 33.6 Å². The molecule has 16 heavy (non-hydrogen) atoms. The summed E-state index contributed by atoms with van der Waals surface area (Å²) in [5.74, 6) is 0.0347. The van der Waals surface area contributed by atoms with Crippen LogP contribution >= 0.6 is 15.9 Å². The molecule has 0 N–H and O–H groups in total. The van der Waals surface area contributed by atoms with Gasteiger partial charge in [-0.05, 0) is 19.3 Å². The van der Waals surface area contributed by atoms with Crippen LogP contribution in [0.3, 0.4) is 0 Å². The first-order valence-electron chi connectivity index (χ1n) is 5.54. The fourth-order valence-corrected chi connectivity index (χ4v) is 1.72. The lowest BCUT2D eigenvalue weighted by Crippen LogP contribution is -2.36. The molecule has 2 unspecified atom stereocenters. The Labute approximate surface area is 104 Å². The van der Waals surface area contributed by atoms with Crippen LogP contribution in [0.25, 0.3) is 0 Å². The lowest BCUT2D eigenvalue weighted by Gasteiger charge is -2.28. The second kappa shape index (κ2) is 5.17. The van der Waals surface area contributed by atoms with E-state index in [1.807, 2.05) is 6.92 Å². The number of halogens is 1. The summed E-state index contributed by atoms with van der Waals surface area (Å²) in [6, 6.07) is 0. The molecule has 0 spiro atoms. The summed E-state index contributed by atoms with van der Waals surface area (Å²) in [5.41, 5.74) is 0. The zero-order chi connectivity index (χ0) is 12.3. The zero-order valence-corrected chi connectivity index (χ0v) is 11.5. The Bertz CT molecular complexity index is 291. The molecule has 1 aliphatic heterocycles. The Morgan fingerprint density at radius 2 is 2.31 bits per heavy atom. The molecular formula is C11H18BrNO3. The molecule has 1 saturated heterocycles. The average molecular weight is 292 g/mol. The third-order valence-electron chi connectivity index (χ3n) is 3.26. The normalized spacial score (nSPS) is 21.5. The highest BCUT2D eigenvalue weighted by Crippen LogP contribution is 2.33. The van der Waals surface area contributed by atoms with Crippen molar-refractivity contribution in [3.05, 3.63) is 0 Å². The van der Waals surface area contributed by atoms with Crippen molar-refractivity contribution in [1.82, 2.24) is 4.90 Å². The molecule has 0 radical (unpaired) electrons. The quantitative estimate of drug-likeness (QED) is 0.748. The number of amides is 2. The van der Waals surface area contributed by atoms with Gasteiger partial charge in [0.15, 0.2) is 0 Å². The smallest absolute Gasteiger partial charge is 0.416 e. The highest BCUT2D eigenvalue weighted by molar-refractivity contribution is 9.10. The molecule has 5 heteroatoms.